The SMILES string of the molecule is CC(C)CCSCC(=O)N1CCC(CC(=O)O)CC1. The first-order valence-corrected chi connectivity index (χ1v) is 8.21. The monoisotopic (exact) mass is 287 g/mol. The van der Waals surface area contributed by atoms with Crippen LogP contribution in [-0.4, -0.2) is 46.5 Å². The Bertz CT molecular complexity index is 299. The number of hydrogen-bond acceptors (Lipinski definition) is 3. The van der Waals surface area contributed by atoms with Crippen molar-refractivity contribution in [3.63, 3.8) is 0 Å². The molecule has 1 saturated heterocycles. The van der Waals surface area contributed by atoms with E-state index in [1.165, 1.54) is 0 Å². The smallest absolute Gasteiger partial charge is 0.303 e. The van der Waals surface area contributed by atoms with Crippen molar-refractivity contribution < 1.29 is 14.7 Å². The third-order valence-electron chi connectivity index (χ3n) is 3.50. The van der Waals surface area contributed by atoms with Crippen LogP contribution in [-0.2, 0) is 9.59 Å². The van der Waals surface area contributed by atoms with Crippen LogP contribution in [0.15, 0.2) is 0 Å². The fraction of sp³-hybridized carbons (Fsp3) is 0.857. The lowest BCUT2D eigenvalue weighted by atomic mass is 9.94. The molecule has 0 saturated carbocycles. The maximum absolute atomic E-state index is 12.0. The number of hydrogen-bond donors (Lipinski definition) is 1. The molecule has 1 aliphatic heterocycles. The van der Waals surface area contributed by atoms with E-state index in [0.717, 1.165) is 38.1 Å². The largest absolute Gasteiger partial charge is 0.481 e. The van der Waals surface area contributed by atoms with E-state index in [0.29, 0.717) is 11.7 Å². The highest BCUT2D eigenvalue weighted by molar-refractivity contribution is 7.99. The molecule has 1 fully saturated rings. The van der Waals surface area contributed by atoms with Crippen LogP contribution in [0.4, 0.5) is 0 Å². The van der Waals surface area contributed by atoms with E-state index in [1.54, 1.807) is 11.8 Å². The fourth-order valence-electron chi connectivity index (χ4n) is 2.20. The second-order valence-corrected chi connectivity index (χ2v) is 6.76. The van der Waals surface area contributed by atoms with Crippen molar-refractivity contribution in [3.8, 4) is 0 Å². The molecule has 0 spiro atoms. The zero-order chi connectivity index (χ0) is 14.3. The first-order chi connectivity index (χ1) is 8.99. The Morgan fingerprint density at radius 3 is 2.47 bits per heavy atom. The van der Waals surface area contributed by atoms with Gasteiger partial charge in [-0.3, -0.25) is 9.59 Å². The fourth-order valence-corrected chi connectivity index (χ4v) is 3.34. The number of carbonyl (C=O) groups is 2. The number of amides is 1. The number of likely N-dealkylation sites (tertiary alicyclic amines) is 1. The molecule has 4 nitrogen and oxygen atoms in total. The van der Waals surface area contributed by atoms with Gasteiger partial charge in [-0.05, 0) is 36.9 Å². The number of carboxylic acid groups (broad SMARTS) is 1. The van der Waals surface area contributed by atoms with Crippen molar-refractivity contribution in [2.75, 3.05) is 24.6 Å². The number of rotatable bonds is 7. The molecule has 0 aromatic heterocycles. The van der Waals surface area contributed by atoms with Crippen molar-refractivity contribution >= 4 is 23.6 Å². The van der Waals surface area contributed by atoms with Crippen molar-refractivity contribution in [2.45, 2.75) is 39.5 Å². The molecule has 1 N–H and O–H groups in total. The summed E-state index contributed by atoms with van der Waals surface area (Å²) in [5.41, 5.74) is 0. The molecule has 5 heteroatoms. The number of thioether (sulfide) groups is 1. The van der Waals surface area contributed by atoms with Gasteiger partial charge in [0.25, 0.3) is 0 Å². The molecule has 0 atom stereocenters. The minimum atomic E-state index is -0.728. The molecule has 0 bridgehead atoms. The second-order valence-electron chi connectivity index (χ2n) is 5.66. The summed E-state index contributed by atoms with van der Waals surface area (Å²) in [7, 11) is 0. The molecule has 19 heavy (non-hydrogen) atoms. The quantitative estimate of drug-likeness (QED) is 0.731. The Morgan fingerprint density at radius 2 is 1.95 bits per heavy atom. The van der Waals surface area contributed by atoms with Gasteiger partial charge in [-0.2, -0.15) is 11.8 Å². The first kappa shape index (κ1) is 16.3. The van der Waals surface area contributed by atoms with Gasteiger partial charge in [-0.1, -0.05) is 13.8 Å². The van der Waals surface area contributed by atoms with Crippen LogP contribution in [0, 0.1) is 11.8 Å². The summed E-state index contributed by atoms with van der Waals surface area (Å²) in [6.07, 6.45) is 3.05. The van der Waals surface area contributed by atoms with Gasteiger partial charge in [0.2, 0.25) is 5.91 Å². The molecular weight excluding hydrogens is 262 g/mol. The van der Waals surface area contributed by atoms with Gasteiger partial charge < -0.3 is 10.0 Å². The van der Waals surface area contributed by atoms with E-state index in [2.05, 4.69) is 13.8 Å². The van der Waals surface area contributed by atoms with Crippen LogP contribution in [0.1, 0.15) is 39.5 Å². The number of carboxylic acids is 1. The lowest BCUT2D eigenvalue weighted by molar-refractivity contribution is -0.138. The molecule has 0 aromatic rings. The summed E-state index contributed by atoms with van der Waals surface area (Å²) < 4.78 is 0. The van der Waals surface area contributed by atoms with E-state index in [4.69, 9.17) is 5.11 Å². The van der Waals surface area contributed by atoms with Gasteiger partial charge >= 0.3 is 5.97 Å². The Balaban J connectivity index is 2.16. The Labute approximate surface area is 119 Å². The molecule has 0 unspecified atom stereocenters. The lowest BCUT2D eigenvalue weighted by Crippen LogP contribution is -2.39. The highest BCUT2D eigenvalue weighted by Crippen LogP contribution is 2.21. The molecule has 1 amide bonds. The third kappa shape index (κ3) is 6.85. The summed E-state index contributed by atoms with van der Waals surface area (Å²) in [6, 6.07) is 0. The maximum atomic E-state index is 12.0. The van der Waals surface area contributed by atoms with Gasteiger partial charge in [0.15, 0.2) is 0 Å². The summed E-state index contributed by atoms with van der Waals surface area (Å²) in [5, 5.41) is 8.74. The highest BCUT2D eigenvalue weighted by atomic mass is 32.2. The normalized spacial score (nSPS) is 16.9. The van der Waals surface area contributed by atoms with Crippen molar-refractivity contribution in [1.29, 1.82) is 0 Å². The number of nitrogens with zero attached hydrogens (tertiary/aromatic N) is 1. The zero-order valence-electron chi connectivity index (χ0n) is 11.9. The van der Waals surface area contributed by atoms with E-state index in [1.807, 2.05) is 4.90 Å². The van der Waals surface area contributed by atoms with Crippen LogP contribution < -0.4 is 0 Å². The second kappa shape index (κ2) is 8.46. The summed E-state index contributed by atoms with van der Waals surface area (Å²) in [5.74, 6) is 2.02. The minimum absolute atomic E-state index is 0.211. The predicted octanol–water partition coefficient (Wildman–Crippen LogP) is 2.48. The zero-order valence-corrected chi connectivity index (χ0v) is 12.7. The average Bonchev–Trinajstić information content (AvgIpc) is 2.34. The standard InChI is InChI=1S/C14H25NO3S/c1-11(2)5-8-19-10-13(16)15-6-3-12(4-7-15)9-14(17)18/h11-12H,3-10H2,1-2H3,(H,17,18). The molecular formula is C14H25NO3S. The van der Waals surface area contributed by atoms with Crippen LogP contribution >= 0.6 is 11.8 Å². The Kier molecular flexibility index (Phi) is 7.28. The lowest BCUT2D eigenvalue weighted by Gasteiger charge is -2.31. The molecule has 110 valence electrons. The average molecular weight is 287 g/mol. The van der Waals surface area contributed by atoms with Crippen molar-refractivity contribution in [2.24, 2.45) is 11.8 Å². The Hall–Kier alpha value is -0.710. The van der Waals surface area contributed by atoms with E-state index in [-0.39, 0.29) is 18.2 Å². The van der Waals surface area contributed by atoms with E-state index in [9.17, 15) is 9.59 Å². The molecule has 1 heterocycles. The third-order valence-corrected chi connectivity index (χ3v) is 4.47. The number of carbonyl (C=O) groups excluding carboxylic acids is 1. The van der Waals surface area contributed by atoms with Crippen LogP contribution in [0.5, 0.6) is 0 Å². The van der Waals surface area contributed by atoms with Crippen LogP contribution in [0.2, 0.25) is 0 Å². The molecule has 0 aliphatic carbocycles. The molecule has 1 rings (SSSR count). The van der Waals surface area contributed by atoms with Gasteiger partial charge in [0, 0.05) is 19.5 Å². The summed E-state index contributed by atoms with van der Waals surface area (Å²) in [6.45, 7) is 5.83. The number of aliphatic carboxylic acids is 1. The summed E-state index contributed by atoms with van der Waals surface area (Å²) in [4.78, 5) is 24.5. The van der Waals surface area contributed by atoms with Crippen molar-refractivity contribution in [1.82, 2.24) is 4.90 Å². The van der Waals surface area contributed by atoms with E-state index >= 15 is 0 Å². The topological polar surface area (TPSA) is 57.6 Å². The maximum Gasteiger partial charge on any atom is 0.303 e. The van der Waals surface area contributed by atoms with Crippen LogP contribution in [0.3, 0.4) is 0 Å². The van der Waals surface area contributed by atoms with Gasteiger partial charge in [-0.25, -0.2) is 0 Å². The van der Waals surface area contributed by atoms with Gasteiger partial charge in [0.05, 0.1) is 5.75 Å². The summed E-state index contributed by atoms with van der Waals surface area (Å²) >= 11 is 1.71. The van der Waals surface area contributed by atoms with Crippen molar-refractivity contribution in [3.05, 3.63) is 0 Å². The predicted molar refractivity (Wildman–Crippen MR) is 78.3 cm³/mol. The van der Waals surface area contributed by atoms with Gasteiger partial charge in [0.1, 0.15) is 0 Å². The molecule has 1 aliphatic rings. The molecule has 0 radical (unpaired) electrons. The Morgan fingerprint density at radius 1 is 1.32 bits per heavy atom. The van der Waals surface area contributed by atoms with Gasteiger partial charge in [-0.15, -0.1) is 0 Å². The number of piperidine rings is 1. The molecule has 0 aromatic carbocycles. The minimum Gasteiger partial charge on any atom is -0.481 e. The van der Waals surface area contributed by atoms with Crippen LogP contribution in [0.25, 0.3) is 0 Å². The highest BCUT2D eigenvalue weighted by Gasteiger charge is 2.23. The first-order valence-electron chi connectivity index (χ1n) is 7.06. The van der Waals surface area contributed by atoms with E-state index < -0.39 is 5.97 Å².